The predicted octanol–water partition coefficient (Wildman–Crippen LogP) is 4.21. The van der Waals surface area contributed by atoms with E-state index in [1.54, 1.807) is 24.3 Å². The molecule has 7 heteroatoms. The van der Waals surface area contributed by atoms with Gasteiger partial charge in [-0.1, -0.05) is 60.7 Å². The molecule has 0 aliphatic heterocycles. The molecule has 0 radical (unpaired) electrons. The molecule has 3 aromatic carbocycles. The number of hydrogen-bond donors (Lipinski definition) is 3. The minimum absolute atomic E-state index is 0.0537. The van der Waals surface area contributed by atoms with Gasteiger partial charge in [0.1, 0.15) is 0 Å². The van der Waals surface area contributed by atoms with E-state index in [1.165, 1.54) is 0 Å². The fourth-order valence-electron chi connectivity index (χ4n) is 2.76. The Morgan fingerprint density at radius 3 is 2.10 bits per heavy atom. The number of thiocarbonyl (C=S) groups is 1. The molecule has 3 aromatic rings. The first kappa shape index (κ1) is 21.0. The monoisotopic (exact) mass is 425 g/mol. The number of benzene rings is 3. The lowest BCUT2D eigenvalue weighted by molar-refractivity contribution is 0.581. The molecule has 0 amide bonds. The summed E-state index contributed by atoms with van der Waals surface area (Å²) >= 11 is 5.36. The molecule has 150 valence electrons. The molecule has 0 bridgehead atoms. The molecule has 3 rings (SSSR count). The molecule has 3 N–H and O–H groups in total. The van der Waals surface area contributed by atoms with Gasteiger partial charge in [-0.15, -0.1) is 0 Å². The second-order valence-corrected chi connectivity index (χ2v) is 8.74. The maximum atomic E-state index is 12.5. The minimum atomic E-state index is -3.58. The van der Waals surface area contributed by atoms with Gasteiger partial charge in [-0.2, -0.15) is 0 Å². The van der Waals surface area contributed by atoms with Gasteiger partial charge < -0.3 is 10.6 Å². The van der Waals surface area contributed by atoms with Gasteiger partial charge in [0, 0.05) is 12.2 Å². The number of sulfonamides is 1. The Bertz CT molecular complexity index is 1040. The average molecular weight is 426 g/mol. The highest BCUT2D eigenvalue weighted by Gasteiger charge is 2.14. The van der Waals surface area contributed by atoms with E-state index in [0.717, 1.165) is 11.1 Å². The SMILES string of the molecule is C[C@H](NC(=S)Nc1ccc(S(=O)(=O)NCc2ccccc2)cc1)c1ccccc1. The fraction of sp³-hybridized carbons (Fsp3) is 0.136. The Labute approximate surface area is 177 Å². The third-order valence-electron chi connectivity index (χ3n) is 4.38. The first-order chi connectivity index (χ1) is 13.9. The smallest absolute Gasteiger partial charge is 0.240 e. The molecule has 1 atom stereocenters. The van der Waals surface area contributed by atoms with Crippen LogP contribution in [0.4, 0.5) is 5.69 Å². The largest absolute Gasteiger partial charge is 0.356 e. The molecule has 29 heavy (non-hydrogen) atoms. The molecule has 0 saturated heterocycles. The van der Waals surface area contributed by atoms with Gasteiger partial charge >= 0.3 is 0 Å². The van der Waals surface area contributed by atoms with Crippen molar-refractivity contribution in [2.75, 3.05) is 5.32 Å². The van der Waals surface area contributed by atoms with Crippen LogP contribution in [0.15, 0.2) is 89.8 Å². The molecular formula is C22H23N3O2S2. The predicted molar refractivity (Wildman–Crippen MR) is 121 cm³/mol. The Kier molecular flexibility index (Phi) is 6.98. The summed E-state index contributed by atoms with van der Waals surface area (Å²) in [5.74, 6) is 0. The lowest BCUT2D eigenvalue weighted by Gasteiger charge is -2.17. The van der Waals surface area contributed by atoms with Crippen LogP contribution in [-0.4, -0.2) is 13.5 Å². The lowest BCUT2D eigenvalue weighted by atomic mass is 10.1. The quantitative estimate of drug-likeness (QED) is 0.495. The third kappa shape index (κ3) is 6.12. The van der Waals surface area contributed by atoms with Crippen LogP contribution in [0.1, 0.15) is 24.1 Å². The third-order valence-corrected chi connectivity index (χ3v) is 6.02. The maximum absolute atomic E-state index is 12.5. The first-order valence-corrected chi connectivity index (χ1v) is 11.1. The van der Waals surface area contributed by atoms with Crippen molar-refractivity contribution in [1.29, 1.82) is 0 Å². The minimum Gasteiger partial charge on any atom is -0.356 e. The van der Waals surface area contributed by atoms with Crippen molar-refractivity contribution in [3.05, 3.63) is 96.1 Å². The zero-order valence-corrected chi connectivity index (χ0v) is 17.6. The standard InChI is InChI=1S/C22H23N3O2S2/c1-17(19-10-6-3-7-11-19)24-22(28)25-20-12-14-21(15-13-20)29(26,27)23-16-18-8-4-2-5-9-18/h2-15,17,23H,16H2,1H3,(H2,24,25,28)/t17-/m0/s1. The lowest BCUT2D eigenvalue weighted by Crippen LogP contribution is -2.30. The van der Waals surface area contributed by atoms with Crippen LogP contribution < -0.4 is 15.4 Å². The highest BCUT2D eigenvalue weighted by molar-refractivity contribution is 7.89. The summed E-state index contributed by atoms with van der Waals surface area (Å²) in [7, 11) is -3.58. The van der Waals surface area contributed by atoms with E-state index in [-0.39, 0.29) is 17.5 Å². The number of nitrogens with one attached hydrogen (secondary N) is 3. The number of hydrogen-bond acceptors (Lipinski definition) is 3. The van der Waals surface area contributed by atoms with Gasteiger partial charge in [0.2, 0.25) is 10.0 Å². The van der Waals surface area contributed by atoms with E-state index in [2.05, 4.69) is 15.4 Å². The van der Waals surface area contributed by atoms with Crippen LogP contribution in [0.3, 0.4) is 0 Å². The van der Waals surface area contributed by atoms with Crippen LogP contribution in [0.2, 0.25) is 0 Å². The molecule has 0 aromatic heterocycles. The first-order valence-electron chi connectivity index (χ1n) is 9.20. The Morgan fingerprint density at radius 2 is 1.48 bits per heavy atom. The Hall–Kier alpha value is -2.74. The molecule has 0 unspecified atom stereocenters. The molecular weight excluding hydrogens is 402 g/mol. The van der Waals surface area contributed by atoms with Crippen molar-refractivity contribution in [3.8, 4) is 0 Å². The number of rotatable bonds is 7. The zero-order valence-electron chi connectivity index (χ0n) is 16.0. The molecule has 5 nitrogen and oxygen atoms in total. The van der Waals surface area contributed by atoms with E-state index in [0.29, 0.717) is 10.8 Å². The second kappa shape index (κ2) is 9.65. The van der Waals surface area contributed by atoms with Crippen molar-refractivity contribution in [3.63, 3.8) is 0 Å². The molecule has 0 heterocycles. The zero-order chi connectivity index (χ0) is 20.7. The molecule has 0 aliphatic carbocycles. The summed E-state index contributed by atoms with van der Waals surface area (Å²) in [6.45, 7) is 2.27. The van der Waals surface area contributed by atoms with Crippen LogP contribution in [-0.2, 0) is 16.6 Å². The molecule has 0 spiro atoms. The van der Waals surface area contributed by atoms with Crippen LogP contribution in [0.25, 0.3) is 0 Å². The van der Waals surface area contributed by atoms with Crippen LogP contribution >= 0.6 is 12.2 Å². The highest BCUT2D eigenvalue weighted by atomic mass is 32.2. The van der Waals surface area contributed by atoms with Crippen LogP contribution in [0.5, 0.6) is 0 Å². The van der Waals surface area contributed by atoms with E-state index < -0.39 is 10.0 Å². The number of anilines is 1. The van der Waals surface area contributed by atoms with Crippen molar-refractivity contribution >= 4 is 33.0 Å². The van der Waals surface area contributed by atoms with Gasteiger partial charge in [0.05, 0.1) is 10.9 Å². The van der Waals surface area contributed by atoms with E-state index in [1.807, 2.05) is 67.6 Å². The Balaban J connectivity index is 1.57. The molecule has 0 fully saturated rings. The van der Waals surface area contributed by atoms with Crippen molar-refractivity contribution in [1.82, 2.24) is 10.0 Å². The van der Waals surface area contributed by atoms with Gasteiger partial charge in [0.15, 0.2) is 5.11 Å². The normalized spacial score (nSPS) is 12.2. The summed E-state index contributed by atoms with van der Waals surface area (Å²) < 4.78 is 27.6. The van der Waals surface area contributed by atoms with Crippen molar-refractivity contribution in [2.45, 2.75) is 24.4 Å². The van der Waals surface area contributed by atoms with Gasteiger partial charge in [0.25, 0.3) is 0 Å². The van der Waals surface area contributed by atoms with Gasteiger partial charge in [-0.3, -0.25) is 0 Å². The topological polar surface area (TPSA) is 70.2 Å². The molecule has 0 saturated carbocycles. The fourth-order valence-corrected chi connectivity index (χ4v) is 4.08. The van der Waals surface area contributed by atoms with Crippen LogP contribution in [0, 0.1) is 0 Å². The summed E-state index contributed by atoms with van der Waals surface area (Å²) in [6.07, 6.45) is 0. The molecule has 0 aliphatic rings. The Morgan fingerprint density at radius 1 is 0.897 bits per heavy atom. The van der Waals surface area contributed by atoms with Gasteiger partial charge in [-0.25, -0.2) is 13.1 Å². The second-order valence-electron chi connectivity index (χ2n) is 6.57. The summed E-state index contributed by atoms with van der Waals surface area (Å²) in [5, 5.41) is 6.77. The highest BCUT2D eigenvalue weighted by Crippen LogP contribution is 2.16. The maximum Gasteiger partial charge on any atom is 0.240 e. The van der Waals surface area contributed by atoms with E-state index in [4.69, 9.17) is 12.2 Å². The average Bonchev–Trinajstić information content (AvgIpc) is 2.74. The summed E-state index contributed by atoms with van der Waals surface area (Å²) in [6, 6.07) is 25.9. The summed E-state index contributed by atoms with van der Waals surface area (Å²) in [4.78, 5) is 0.204. The van der Waals surface area contributed by atoms with Crippen molar-refractivity contribution < 1.29 is 8.42 Å². The van der Waals surface area contributed by atoms with E-state index in [9.17, 15) is 8.42 Å². The summed E-state index contributed by atoms with van der Waals surface area (Å²) in [5.41, 5.74) is 2.74. The van der Waals surface area contributed by atoms with E-state index >= 15 is 0 Å². The van der Waals surface area contributed by atoms with Crippen molar-refractivity contribution in [2.24, 2.45) is 0 Å². The van der Waals surface area contributed by atoms with Gasteiger partial charge in [-0.05, 0) is 54.5 Å².